The minimum Gasteiger partial charge on any atom is -0.503 e. The Labute approximate surface area is 183 Å². The Morgan fingerprint density at radius 1 is 1.19 bits per heavy atom. The Kier molecular flexibility index (Phi) is 5.52. The minimum absolute atomic E-state index is 0.00280. The molecule has 0 bridgehead atoms. The molecule has 0 saturated heterocycles. The minimum atomic E-state index is -1.19. The van der Waals surface area contributed by atoms with E-state index in [9.17, 15) is 14.7 Å². The van der Waals surface area contributed by atoms with Crippen molar-refractivity contribution in [2.75, 3.05) is 12.0 Å². The van der Waals surface area contributed by atoms with Gasteiger partial charge in [-0.1, -0.05) is 37.2 Å². The zero-order valence-electron chi connectivity index (χ0n) is 17.7. The monoisotopic (exact) mass is 436 g/mol. The van der Waals surface area contributed by atoms with Gasteiger partial charge in [-0.15, -0.1) is 0 Å². The number of amides is 1. The lowest BCUT2D eigenvalue weighted by Gasteiger charge is -2.28. The molecule has 7 nitrogen and oxygen atoms in total. The number of methoxy groups -OCH3 is 1. The summed E-state index contributed by atoms with van der Waals surface area (Å²) in [6, 6.07) is 11.4. The fraction of sp³-hybridized carbons (Fsp3) is 0.208. The molecule has 4 rings (SSSR count). The van der Waals surface area contributed by atoms with Crippen molar-refractivity contribution >= 4 is 17.4 Å². The third-order valence-electron chi connectivity index (χ3n) is 5.38. The quantitative estimate of drug-likeness (QED) is 0.606. The topological polar surface area (TPSA) is 92.9 Å². The number of nitrogens with zero attached hydrogens (tertiary/aromatic N) is 2. The van der Waals surface area contributed by atoms with E-state index < -0.39 is 35.2 Å². The molecule has 1 aliphatic heterocycles. The summed E-state index contributed by atoms with van der Waals surface area (Å²) in [6.07, 6.45) is 1.44. The van der Waals surface area contributed by atoms with E-state index in [-0.39, 0.29) is 16.9 Å². The van der Waals surface area contributed by atoms with Gasteiger partial charge in [-0.05, 0) is 24.3 Å². The van der Waals surface area contributed by atoms with Gasteiger partial charge in [-0.3, -0.25) is 14.5 Å². The summed E-state index contributed by atoms with van der Waals surface area (Å²) in [7, 11) is 1.37. The number of ether oxygens (including phenoxy) is 1. The molecule has 0 spiro atoms. The molecule has 3 aromatic rings. The maximum Gasteiger partial charge on any atom is 0.294 e. The first-order chi connectivity index (χ1) is 15.3. The molecular formula is C24H21FN2O5. The van der Waals surface area contributed by atoms with E-state index in [2.05, 4.69) is 5.16 Å². The summed E-state index contributed by atoms with van der Waals surface area (Å²) < 4.78 is 25.3. The second-order valence-electron chi connectivity index (χ2n) is 7.65. The van der Waals surface area contributed by atoms with Crippen LogP contribution in [0.15, 0.2) is 70.6 Å². The van der Waals surface area contributed by atoms with Gasteiger partial charge in [-0.25, -0.2) is 4.39 Å². The first-order valence-corrected chi connectivity index (χ1v) is 9.99. The lowest BCUT2D eigenvalue weighted by molar-refractivity contribution is -0.119. The Morgan fingerprint density at radius 3 is 2.50 bits per heavy atom. The van der Waals surface area contributed by atoms with Crippen molar-refractivity contribution in [3.8, 4) is 17.0 Å². The van der Waals surface area contributed by atoms with E-state index >= 15 is 4.39 Å². The Hall–Kier alpha value is -3.94. The standard InChI is InChI=1S/C24H21FN2O5/c1-13(2)22(28)20-21(19-16(25)5-4-6-18(19)31-3)27(24(30)23(20)29)15-9-7-14(8-10-15)17-11-12-32-26-17/h4-13,21,29H,1-3H3. The number of benzene rings is 2. The van der Waals surface area contributed by atoms with Crippen molar-refractivity contribution in [3.05, 3.63) is 77.5 Å². The van der Waals surface area contributed by atoms with Crippen LogP contribution in [0.4, 0.5) is 10.1 Å². The van der Waals surface area contributed by atoms with Crippen LogP contribution < -0.4 is 9.64 Å². The number of aliphatic hydroxyl groups is 1. The number of rotatable bonds is 6. The fourth-order valence-corrected chi connectivity index (χ4v) is 3.82. The van der Waals surface area contributed by atoms with Crippen LogP contribution in [0.1, 0.15) is 25.5 Å². The highest BCUT2D eigenvalue weighted by molar-refractivity contribution is 6.17. The first-order valence-electron chi connectivity index (χ1n) is 9.99. The molecule has 1 amide bonds. The van der Waals surface area contributed by atoms with E-state index in [0.717, 1.165) is 5.56 Å². The molecule has 8 heteroatoms. The number of hydrogen-bond donors (Lipinski definition) is 1. The summed E-state index contributed by atoms with van der Waals surface area (Å²) in [6.45, 7) is 3.30. The average molecular weight is 436 g/mol. The molecule has 0 aliphatic carbocycles. The molecule has 1 atom stereocenters. The van der Waals surface area contributed by atoms with E-state index in [0.29, 0.717) is 11.4 Å². The molecule has 0 radical (unpaired) electrons. The fourth-order valence-electron chi connectivity index (χ4n) is 3.82. The van der Waals surface area contributed by atoms with Gasteiger partial charge in [-0.2, -0.15) is 0 Å². The highest BCUT2D eigenvalue weighted by Gasteiger charge is 2.46. The zero-order valence-corrected chi connectivity index (χ0v) is 17.7. The number of halogens is 1. The highest BCUT2D eigenvalue weighted by Crippen LogP contribution is 2.45. The summed E-state index contributed by atoms with van der Waals surface area (Å²) in [5.74, 6) is -2.95. The van der Waals surface area contributed by atoms with Crippen molar-refractivity contribution in [1.82, 2.24) is 5.16 Å². The Balaban J connectivity index is 1.88. The summed E-state index contributed by atoms with van der Waals surface area (Å²) in [5.41, 5.74) is 1.56. The van der Waals surface area contributed by atoms with Crippen LogP contribution in [0.5, 0.6) is 5.75 Å². The van der Waals surface area contributed by atoms with E-state index in [4.69, 9.17) is 9.26 Å². The molecule has 1 N–H and O–H groups in total. The second-order valence-corrected chi connectivity index (χ2v) is 7.65. The van der Waals surface area contributed by atoms with Gasteiger partial charge < -0.3 is 14.4 Å². The number of carbonyl (C=O) groups excluding carboxylic acids is 2. The summed E-state index contributed by atoms with van der Waals surface area (Å²) >= 11 is 0. The van der Waals surface area contributed by atoms with Crippen LogP contribution in [-0.2, 0) is 9.59 Å². The second kappa shape index (κ2) is 8.30. The van der Waals surface area contributed by atoms with Crippen molar-refractivity contribution in [1.29, 1.82) is 0 Å². The van der Waals surface area contributed by atoms with Crippen molar-refractivity contribution < 1.29 is 28.3 Å². The van der Waals surface area contributed by atoms with Crippen LogP contribution in [0, 0.1) is 11.7 Å². The van der Waals surface area contributed by atoms with Gasteiger partial charge >= 0.3 is 0 Å². The highest BCUT2D eigenvalue weighted by atomic mass is 19.1. The van der Waals surface area contributed by atoms with Crippen LogP contribution in [0.2, 0.25) is 0 Å². The Morgan fingerprint density at radius 2 is 1.91 bits per heavy atom. The van der Waals surface area contributed by atoms with Gasteiger partial charge in [0.25, 0.3) is 5.91 Å². The third kappa shape index (κ3) is 3.43. The molecule has 2 heterocycles. The van der Waals surface area contributed by atoms with Gasteiger partial charge in [0.15, 0.2) is 11.5 Å². The predicted octanol–water partition coefficient (Wildman–Crippen LogP) is 4.61. The van der Waals surface area contributed by atoms with E-state index in [1.807, 2.05) is 0 Å². The number of Topliss-reactive ketones (excluding diaryl/α,β-unsaturated/α-hetero) is 1. The molecule has 2 aromatic carbocycles. The van der Waals surface area contributed by atoms with Gasteiger partial charge in [0.2, 0.25) is 0 Å². The zero-order chi connectivity index (χ0) is 23.0. The largest absolute Gasteiger partial charge is 0.503 e. The number of aliphatic hydroxyl groups excluding tert-OH is 1. The predicted molar refractivity (Wildman–Crippen MR) is 115 cm³/mol. The molecule has 0 fully saturated rings. The van der Waals surface area contributed by atoms with Crippen LogP contribution in [-0.4, -0.2) is 29.1 Å². The Bertz CT molecular complexity index is 1200. The molecule has 1 aromatic heterocycles. The summed E-state index contributed by atoms with van der Waals surface area (Å²) in [4.78, 5) is 27.3. The number of carbonyl (C=O) groups is 2. The molecular weight excluding hydrogens is 415 g/mol. The van der Waals surface area contributed by atoms with E-state index in [1.54, 1.807) is 50.2 Å². The number of hydrogen-bond acceptors (Lipinski definition) is 6. The lowest BCUT2D eigenvalue weighted by atomic mass is 9.90. The molecule has 1 unspecified atom stereocenters. The SMILES string of the molecule is COc1cccc(F)c1C1C(C(=O)C(C)C)=C(O)C(=O)N1c1ccc(-c2ccon2)cc1. The van der Waals surface area contributed by atoms with Crippen LogP contribution >= 0.6 is 0 Å². The van der Waals surface area contributed by atoms with Crippen LogP contribution in [0.3, 0.4) is 0 Å². The molecule has 32 heavy (non-hydrogen) atoms. The first kappa shape index (κ1) is 21.3. The number of aromatic nitrogens is 1. The van der Waals surface area contributed by atoms with Gasteiger partial charge in [0.1, 0.15) is 29.6 Å². The van der Waals surface area contributed by atoms with Crippen LogP contribution in [0.25, 0.3) is 11.3 Å². The molecule has 1 aliphatic rings. The number of ketones is 1. The van der Waals surface area contributed by atoms with Crippen molar-refractivity contribution in [2.24, 2.45) is 5.92 Å². The maximum absolute atomic E-state index is 15.1. The smallest absolute Gasteiger partial charge is 0.294 e. The third-order valence-corrected chi connectivity index (χ3v) is 5.38. The number of anilines is 1. The van der Waals surface area contributed by atoms with E-state index in [1.165, 1.54) is 30.4 Å². The van der Waals surface area contributed by atoms with Gasteiger partial charge in [0, 0.05) is 23.2 Å². The average Bonchev–Trinajstić information content (AvgIpc) is 3.41. The summed E-state index contributed by atoms with van der Waals surface area (Å²) in [5, 5.41) is 14.6. The van der Waals surface area contributed by atoms with Crippen molar-refractivity contribution in [2.45, 2.75) is 19.9 Å². The molecule has 0 saturated carbocycles. The maximum atomic E-state index is 15.1. The van der Waals surface area contributed by atoms with Gasteiger partial charge in [0.05, 0.1) is 18.2 Å². The van der Waals surface area contributed by atoms with Crippen molar-refractivity contribution in [3.63, 3.8) is 0 Å². The normalized spacial score (nSPS) is 16.2. The lowest BCUT2D eigenvalue weighted by Crippen LogP contribution is -2.32. The molecule has 164 valence electrons.